The largest absolute Gasteiger partial charge is 0.497 e. The van der Waals surface area contributed by atoms with Gasteiger partial charge in [0.2, 0.25) is 0 Å². The molecule has 1 unspecified atom stereocenters. The fourth-order valence-electron chi connectivity index (χ4n) is 4.74. The van der Waals surface area contributed by atoms with Gasteiger partial charge in [-0.05, 0) is 64.0 Å². The summed E-state index contributed by atoms with van der Waals surface area (Å²) in [5.41, 5.74) is 3.91. The van der Waals surface area contributed by atoms with Gasteiger partial charge in [0.05, 0.1) is 30.9 Å². The molecule has 6 rings (SSSR count). The number of amides is 1. The van der Waals surface area contributed by atoms with Crippen LogP contribution in [0.2, 0.25) is 0 Å². The van der Waals surface area contributed by atoms with Gasteiger partial charge in [-0.1, -0.05) is 66.7 Å². The van der Waals surface area contributed by atoms with E-state index in [-0.39, 0.29) is 11.9 Å². The van der Waals surface area contributed by atoms with Crippen LogP contribution in [0.3, 0.4) is 0 Å². The Morgan fingerprint density at radius 1 is 0.895 bits per heavy atom. The van der Waals surface area contributed by atoms with E-state index in [2.05, 4.69) is 35.3 Å². The van der Waals surface area contributed by atoms with Crippen molar-refractivity contribution in [3.8, 4) is 11.5 Å². The van der Waals surface area contributed by atoms with Crippen molar-refractivity contribution in [1.29, 1.82) is 0 Å². The fourth-order valence-corrected chi connectivity index (χ4v) is 5.64. The predicted molar refractivity (Wildman–Crippen MR) is 154 cm³/mol. The molecule has 0 saturated carbocycles. The van der Waals surface area contributed by atoms with Crippen LogP contribution in [0.15, 0.2) is 106 Å². The van der Waals surface area contributed by atoms with Crippen LogP contribution < -0.4 is 9.47 Å². The first-order chi connectivity index (χ1) is 18.6. The number of carbonyl (C=O) groups is 1. The zero-order chi connectivity index (χ0) is 26.1. The molecule has 0 aliphatic carbocycles. The molecule has 4 aromatic rings. The number of amidine groups is 1. The van der Waals surface area contributed by atoms with E-state index in [0.29, 0.717) is 22.2 Å². The summed E-state index contributed by atoms with van der Waals surface area (Å²) in [6.45, 7) is 0. The van der Waals surface area contributed by atoms with Crippen LogP contribution in [0.5, 0.6) is 11.5 Å². The molecule has 1 amide bonds. The van der Waals surface area contributed by atoms with E-state index in [1.165, 1.54) is 17.1 Å². The van der Waals surface area contributed by atoms with Crippen LogP contribution in [0.1, 0.15) is 29.2 Å². The highest BCUT2D eigenvalue weighted by Crippen LogP contribution is 2.40. The Kier molecular flexibility index (Phi) is 6.43. The summed E-state index contributed by atoms with van der Waals surface area (Å²) in [6.07, 6.45) is 2.51. The van der Waals surface area contributed by atoms with Crippen molar-refractivity contribution < 1.29 is 14.3 Å². The lowest BCUT2D eigenvalue weighted by atomic mass is 9.97. The molecule has 1 atom stereocenters. The number of aliphatic imine (C=N–C) groups is 1. The molecule has 2 heterocycles. The maximum atomic E-state index is 13.0. The number of carbonyl (C=O) groups excluding carboxylic acids is 1. The highest BCUT2D eigenvalue weighted by molar-refractivity contribution is 8.18. The number of fused-ring (bicyclic) bond motifs is 1. The van der Waals surface area contributed by atoms with E-state index >= 15 is 0 Å². The lowest BCUT2D eigenvalue weighted by Gasteiger charge is -2.22. The van der Waals surface area contributed by atoms with Gasteiger partial charge in [-0.25, -0.2) is 5.01 Å². The number of rotatable bonds is 5. The number of methoxy groups -OCH3 is 2. The Hall–Kier alpha value is -4.36. The highest BCUT2D eigenvalue weighted by atomic mass is 32.2. The van der Waals surface area contributed by atoms with Crippen LogP contribution >= 0.6 is 11.8 Å². The highest BCUT2D eigenvalue weighted by Gasteiger charge is 2.36. The second-order valence-electron chi connectivity index (χ2n) is 9.00. The lowest BCUT2D eigenvalue weighted by molar-refractivity contribution is -0.113. The Balaban J connectivity index is 1.36. The summed E-state index contributed by atoms with van der Waals surface area (Å²) in [5.74, 6) is 1.22. The molecular weight excluding hydrogens is 494 g/mol. The van der Waals surface area contributed by atoms with Gasteiger partial charge >= 0.3 is 0 Å². The monoisotopic (exact) mass is 519 g/mol. The number of ether oxygens (including phenoxy) is 2. The number of benzene rings is 4. The number of para-hydroxylation sites is 1. The SMILES string of the molecule is COc1ccc(C2CC(c3ccc4ccccc4c3)=NN2C2=NC(=O)/C(=C/c3ccccc3OC)S2)cc1. The van der Waals surface area contributed by atoms with Gasteiger partial charge in [0.1, 0.15) is 11.5 Å². The van der Waals surface area contributed by atoms with E-state index in [4.69, 9.17) is 14.6 Å². The van der Waals surface area contributed by atoms with Crippen LogP contribution in [-0.2, 0) is 4.79 Å². The Bertz CT molecular complexity index is 1630. The number of hydrogen-bond acceptors (Lipinski definition) is 6. The van der Waals surface area contributed by atoms with E-state index in [9.17, 15) is 4.79 Å². The van der Waals surface area contributed by atoms with Crippen LogP contribution in [0, 0.1) is 0 Å². The van der Waals surface area contributed by atoms with Crippen molar-refractivity contribution in [1.82, 2.24) is 5.01 Å². The Morgan fingerprint density at radius 2 is 1.66 bits per heavy atom. The summed E-state index contributed by atoms with van der Waals surface area (Å²) in [5, 5.41) is 9.82. The molecule has 7 heteroatoms. The standard InChI is InChI=1S/C31H25N3O3S/c1-36-25-15-13-21(14-16-25)27-19-26(23-12-11-20-7-3-4-8-22(20)17-23)33-34(27)31-32-30(35)29(38-31)18-24-9-5-6-10-28(24)37-2/h3-18,27H,19H2,1-2H3/b29-18-. The fraction of sp³-hybridized carbons (Fsp3) is 0.129. The first-order valence-corrected chi connectivity index (χ1v) is 13.1. The molecule has 0 fully saturated rings. The molecule has 0 saturated heterocycles. The van der Waals surface area contributed by atoms with Gasteiger partial charge in [-0.15, -0.1) is 0 Å². The summed E-state index contributed by atoms with van der Waals surface area (Å²) in [6, 6.07) is 30.2. The zero-order valence-corrected chi connectivity index (χ0v) is 21.8. The molecule has 4 aromatic carbocycles. The predicted octanol–water partition coefficient (Wildman–Crippen LogP) is 6.68. The molecular formula is C31H25N3O3S. The Labute approximate surface area is 225 Å². The first-order valence-electron chi connectivity index (χ1n) is 12.3. The topological polar surface area (TPSA) is 63.5 Å². The third kappa shape index (κ3) is 4.57. The van der Waals surface area contributed by atoms with Gasteiger partial charge < -0.3 is 9.47 Å². The Morgan fingerprint density at radius 3 is 2.45 bits per heavy atom. The van der Waals surface area contributed by atoms with Crippen LogP contribution in [0.25, 0.3) is 16.8 Å². The average Bonchev–Trinajstić information content (AvgIpc) is 3.57. The average molecular weight is 520 g/mol. The number of hydrazone groups is 1. The smallest absolute Gasteiger partial charge is 0.286 e. The minimum atomic E-state index is -0.279. The minimum absolute atomic E-state index is 0.105. The van der Waals surface area contributed by atoms with E-state index < -0.39 is 0 Å². The van der Waals surface area contributed by atoms with Gasteiger partial charge in [-0.2, -0.15) is 10.1 Å². The number of hydrogen-bond donors (Lipinski definition) is 0. The zero-order valence-electron chi connectivity index (χ0n) is 21.0. The molecule has 0 spiro atoms. The molecule has 2 aliphatic rings. The first kappa shape index (κ1) is 24.0. The third-order valence-electron chi connectivity index (χ3n) is 6.72. The van der Waals surface area contributed by atoms with Crippen molar-refractivity contribution in [3.63, 3.8) is 0 Å². The van der Waals surface area contributed by atoms with E-state index in [0.717, 1.165) is 33.5 Å². The number of nitrogens with zero attached hydrogens (tertiary/aromatic N) is 3. The molecule has 0 bridgehead atoms. The van der Waals surface area contributed by atoms with Gasteiger partial charge in [-0.3, -0.25) is 4.79 Å². The summed E-state index contributed by atoms with van der Waals surface area (Å²) < 4.78 is 10.8. The molecule has 38 heavy (non-hydrogen) atoms. The maximum Gasteiger partial charge on any atom is 0.286 e. The molecule has 0 radical (unpaired) electrons. The lowest BCUT2D eigenvalue weighted by Crippen LogP contribution is -2.23. The van der Waals surface area contributed by atoms with Gasteiger partial charge in [0.15, 0.2) is 5.17 Å². The van der Waals surface area contributed by atoms with Crippen LogP contribution in [0.4, 0.5) is 0 Å². The summed E-state index contributed by atoms with van der Waals surface area (Å²) in [7, 11) is 3.28. The summed E-state index contributed by atoms with van der Waals surface area (Å²) in [4.78, 5) is 17.9. The van der Waals surface area contributed by atoms with E-state index in [1.54, 1.807) is 14.2 Å². The quantitative estimate of drug-likeness (QED) is 0.275. The van der Waals surface area contributed by atoms with Crippen molar-refractivity contribution in [2.75, 3.05) is 14.2 Å². The van der Waals surface area contributed by atoms with Crippen molar-refractivity contribution in [2.45, 2.75) is 12.5 Å². The van der Waals surface area contributed by atoms with Crippen molar-refractivity contribution >= 4 is 45.4 Å². The maximum absolute atomic E-state index is 13.0. The van der Waals surface area contributed by atoms with Crippen molar-refractivity contribution in [2.24, 2.45) is 10.1 Å². The minimum Gasteiger partial charge on any atom is -0.497 e. The molecule has 188 valence electrons. The number of thioether (sulfide) groups is 1. The van der Waals surface area contributed by atoms with Gasteiger partial charge in [0.25, 0.3) is 5.91 Å². The second kappa shape index (κ2) is 10.2. The van der Waals surface area contributed by atoms with E-state index in [1.807, 2.05) is 71.7 Å². The van der Waals surface area contributed by atoms with Crippen LogP contribution in [-0.4, -0.2) is 36.0 Å². The second-order valence-corrected chi connectivity index (χ2v) is 10.0. The van der Waals surface area contributed by atoms with Crippen molar-refractivity contribution in [3.05, 3.63) is 113 Å². The molecule has 2 aliphatic heterocycles. The molecule has 0 aromatic heterocycles. The molecule has 6 nitrogen and oxygen atoms in total. The normalized spacial score (nSPS) is 18.2. The third-order valence-corrected chi connectivity index (χ3v) is 7.70. The molecule has 0 N–H and O–H groups in total. The van der Waals surface area contributed by atoms with Gasteiger partial charge in [0, 0.05) is 12.0 Å². The summed E-state index contributed by atoms with van der Waals surface area (Å²) >= 11 is 1.34.